The van der Waals surface area contributed by atoms with E-state index >= 15 is 0 Å². The van der Waals surface area contributed by atoms with Crippen LogP contribution in [0.3, 0.4) is 0 Å². The first-order chi connectivity index (χ1) is 18.2. The van der Waals surface area contributed by atoms with Gasteiger partial charge in [-0.1, -0.05) is 11.8 Å². The Kier molecular flexibility index (Phi) is 7.98. The molecule has 12 nitrogen and oxygen atoms in total. The number of halogens is 1. The summed E-state index contributed by atoms with van der Waals surface area (Å²) >= 11 is 5.12. The van der Waals surface area contributed by atoms with Crippen LogP contribution < -0.4 is 19.9 Å². The van der Waals surface area contributed by atoms with Crippen molar-refractivity contribution in [3.63, 3.8) is 0 Å². The molecule has 1 amide bonds. The first-order valence-corrected chi connectivity index (χ1v) is 15.6. The molecule has 2 aliphatic heterocycles. The highest BCUT2D eigenvalue weighted by atomic mass is 79.9. The van der Waals surface area contributed by atoms with Gasteiger partial charge in [0.25, 0.3) is 0 Å². The van der Waals surface area contributed by atoms with Crippen molar-refractivity contribution in [2.45, 2.75) is 35.9 Å². The van der Waals surface area contributed by atoms with Gasteiger partial charge in [0.15, 0.2) is 33.6 Å². The number of nitrogen functional groups attached to an aromatic ring is 1. The molecule has 0 spiro atoms. The van der Waals surface area contributed by atoms with E-state index in [1.807, 2.05) is 12.1 Å². The SMILES string of the molecule is CS(=O)(=O)NCC(=O)N1CCC(CCn2c(Sc3cc4c(cc3Br)OCCO4)nc3c(N)ncnc32)CC1. The number of nitrogens with two attached hydrogens (primary N) is 1. The van der Waals surface area contributed by atoms with Gasteiger partial charge < -0.3 is 24.7 Å². The summed E-state index contributed by atoms with van der Waals surface area (Å²) in [4.78, 5) is 28.3. The second-order valence-corrected chi connectivity index (χ2v) is 12.9. The zero-order valence-electron chi connectivity index (χ0n) is 20.7. The van der Waals surface area contributed by atoms with Crippen molar-refractivity contribution < 1.29 is 22.7 Å². The second-order valence-electron chi connectivity index (χ2n) is 9.21. The lowest BCUT2D eigenvalue weighted by Crippen LogP contribution is -2.44. The number of likely N-dealkylation sites (tertiary alicyclic amines) is 1. The maximum atomic E-state index is 12.3. The van der Waals surface area contributed by atoms with Crippen LogP contribution in [-0.2, 0) is 21.4 Å². The highest BCUT2D eigenvalue weighted by molar-refractivity contribution is 9.10. The van der Waals surface area contributed by atoms with Crippen LogP contribution in [0.25, 0.3) is 11.2 Å². The number of hydrogen-bond acceptors (Lipinski definition) is 10. The van der Waals surface area contributed by atoms with Gasteiger partial charge in [-0.15, -0.1) is 0 Å². The van der Waals surface area contributed by atoms with E-state index in [-0.39, 0.29) is 12.5 Å². The monoisotopic (exact) mass is 625 g/mol. The summed E-state index contributed by atoms with van der Waals surface area (Å²) in [5, 5.41) is 0.740. The topological polar surface area (TPSA) is 155 Å². The van der Waals surface area contributed by atoms with E-state index in [4.69, 9.17) is 20.2 Å². The summed E-state index contributed by atoms with van der Waals surface area (Å²) in [7, 11) is -3.40. The van der Waals surface area contributed by atoms with Crippen LogP contribution in [0.4, 0.5) is 5.82 Å². The molecule has 38 heavy (non-hydrogen) atoms. The number of anilines is 1. The Morgan fingerprint density at radius 2 is 1.92 bits per heavy atom. The average molecular weight is 627 g/mol. The third-order valence-electron chi connectivity index (χ3n) is 6.54. The fourth-order valence-electron chi connectivity index (χ4n) is 4.52. The Morgan fingerprint density at radius 3 is 2.63 bits per heavy atom. The van der Waals surface area contributed by atoms with E-state index in [0.29, 0.717) is 67.2 Å². The molecule has 1 saturated heterocycles. The number of nitrogens with zero attached hydrogens (tertiary/aromatic N) is 5. The van der Waals surface area contributed by atoms with Crippen LogP contribution in [0.5, 0.6) is 11.5 Å². The molecule has 0 radical (unpaired) electrons. The third kappa shape index (κ3) is 6.16. The van der Waals surface area contributed by atoms with E-state index in [0.717, 1.165) is 40.0 Å². The van der Waals surface area contributed by atoms with Gasteiger partial charge in [0.05, 0.1) is 12.8 Å². The Hall–Kier alpha value is -2.62. The highest BCUT2D eigenvalue weighted by Crippen LogP contribution is 2.42. The van der Waals surface area contributed by atoms with Crippen LogP contribution in [-0.4, -0.2) is 77.8 Å². The molecule has 4 heterocycles. The molecular formula is C23H28BrN7O5S2. The van der Waals surface area contributed by atoms with E-state index in [1.165, 1.54) is 18.1 Å². The fraction of sp³-hybridized carbons (Fsp3) is 0.478. The number of benzene rings is 1. The van der Waals surface area contributed by atoms with Crippen molar-refractivity contribution in [1.29, 1.82) is 0 Å². The number of amides is 1. The van der Waals surface area contributed by atoms with Crippen molar-refractivity contribution >= 4 is 60.6 Å². The van der Waals surface area contributed by atoms with Gasteiger partial charge in [-0.05, 0) is 53.2 Å². The maximum Gasteiger partial charge on any atom is 0.237 e. The van der Waals surface area contributed by atoms with Crippen molar-refractivity contribution in [3.8, 4) is 11.5 Å². The van der Waals surface area contributed by atoms with E-state index in [9.17, 15) is 13.2 Å². The van der Waals surface area contributed by atoms with E-state index < -0.39 is 10.0 Å². The van der Waals surface area contributed by atoms with Crippen molar-refractivity contribution in [1.82, 2.24) is 29.1 Å². The molecular weight excluding hydrogens is 598 g/mol. The number of rotatable bonds is 8. The van der Waals surface area contributed by atoms with Crippen LogP contribution >= 0.6 is 27.7 Å². The quantitative estimate of drug-likeness (QED) is 0.381. The number of imidazole rings is 1. The number of carbonyl (C=O) groups excluding carboxylic acids is 1. The molecule has 0 bridgehead atoms. The standard InChI is InChI=1S/C23H28BrN7O5S2/c1-38(33,34)28-12-19(32)30-5-2-14(3-6-30)4-7-31-22-20(21(25)26-13-27-22)29-23(31)37-18-11-17-16(10-15(18)24)35-8-9-36-17/h10-11,13-14,28H,2-9,12H2,1H3,(H2,25,26,27). The molecule has 0 unspecified atom stereocenters. The summed E-state index contributed by atoms with van der Waals surface area (Å²) in [5.41, 5.74) is 7.36. The van der Waals surface area contributed by atoms with Crippen molar-refractivity contribution in [2.24, 2.45) is 5.92 Å². The molecule has 204 valence electrons. The molecule has 2 aromatic heterocycles. The smallest absolute Gasteiger partial charge is 0.237 e. The van der Waals surface area contributed by atoms with Gasteiger partial charge in [0.1, 0.15) is 19.5 Å². The van der Waals surface area contributed by atoms with Crippen LogP contribution in [0.1, 0.15) is 19.3 Å². The largest absolute Gasteiger partial charge is 0.486 e. The van der Waals surface area contributed by atoms with Gasteiger partial charge in [-0.2, -0.15) is 0 Å². The Balaban J connectivity index is 1.29. The minimum Gasteiger partial charge on any atom is -0.486 e. The number of sulfonamides is 1. The maximum absolute atomic E-state index is 12.3. The van der Waals surface area contributed by atoms with E-state index in [1.54, 1.807) is 4.90 Å². The van der Waals surface area contributed by atoms with Crippen LogP contribution in [0, 0.1) is 5.92 Å². The number of piperidine rings is 1. The van der Waals surface area contributed by atoms with Gasteiger partial charge in [-0.3, -0.25) is 4.79 Å². The number of carbonyl (C=O) groups is 1. The molecule has 1 fully saturated rings. The molecule has 0 atom stereocenters. The van der Waals surface area contributed by atoms with Crippen molar-refractivity contribution in [2.75, 3.05) is 44.8 Å². The highest BCUT2D eigenvalue weighted by Gasteiger charge is 2.25. The fourth-order valence-corrected chi connectivity index (χ4v) is 6.42. The summed E-state index contributed by atoms with van der Waals surface area (Å²) in [6, 6.07) is 3.84. The number of aryl methyl sites for hydroxylation is 1. The van der Waals surface area contributed by atoms with Gasteiger partial charge in [0.2, 0.25) is 15.9 Å². The minimum absolute atomic E-state index is 0.203. The number of aromatic nitrogens is 4. The molecule has 2 aliphatic rings. The molecule has 0 saturated carbocycles. The van der Waals surface area contributed by atoms with Crippen LogP contribution in [0.15, 0.2) is 33.0 Å². The first kappa shape index (κ1) is 27.0. The lowest BCUT2D eigenvalue weighted by atomic mass is 9.93. The Bertz CT molecular complexity index is 1460. The zero-order valence-corrected chi connectivity index (χ0v) is 23.9. The first-order valence-electron chi connectivity index (χ1n) is 12.1. The predicted molar refractivity (Wildman–Crippen MR) is 146 cm³/mol. The predicted octanol–water partition coefficient (Wildman–Crippen LogP) is 2.27. The van der Waals surface area contributed by atoms with Gasteiger partial charge in [-0.25, -0.2) is 28.1 Å². The Morgan fingerprint density at radius 1 is 1.21 bits per heavy atom. The lowest BCUT2D eigenvalue weighted by molar-refractivity contribution is -0.131. The number of hydrogen-bond donors (Lipinski definition) is 2. The van der Waals surface area contributed by atoms with Crippen molar-refractivity contribution in [3.05, 3.63) is 22.9 Å². The molecule has 1 aromatic carbocycles. The average Bonchev–Trinajstić information content (AvgIpc) is 3.24. The second kappa shape index (κ2) is 11.2. The molecule has 3 N–H and O–H groups in total. The number of ether oxygens (including phenoxy) is 2. The van der Waals surface area contributed by atoms with E-state index in [2.05, 4.69) is 35.2 Å². The minimum atomic E-state index is -3.40. The third-order valence-corrected chi connectivity index (χ3v) is 9.18. The summed E-state index contributed by atoms with van der Waals surface area (Å²) < 4.78 is 39.2. The summed E-state index contributed by atoms with van der Waals surface area (Å²) in [5.74, 6) is 1.92. The Labute approximate surface area is 232 Å². The molecule has 3 aromatic rings. The van der Waals surface area contributed by atoms with Gasteiger partial charge >= 0.3 is 0 Å². The molecule has 0 aliphatic carbocycles. The summed E-state index contributed by atoms with van der Waals surface area (Å²) in [6.45, 7) is 2.68. The molecule has 5 rings (SSSR count). The number of fused-ring (bicyclic) bond motifs is 2. The normalized spacial score (nSPS) is 16.2. The zero-order chi connectivity index (χ0) is 26.9. The van der Waals surface area contributed by atoms with Gasteiger partial charge in [0, 0.05) is 29.0 Å². The number of nitrogens with one attached hydrogen (secondary N) is 1. The summed E-state index contributed by atoms with van der Waals surface area (Å²) in [6.07, 6.45) is 5.03. The van der Waals surface area contributed by atoms with Crippen LogP contribution in [0.2, 0.25) is 0 Å². The lowest BCUT2D eigenvalue weighted by Gasteiger charge is -2.32. The molecule has 15 heteroatoms.